The molecule has 1 amide bonds. The Morgan fingerprint density at radius 1 is 1.32 bits per heavy atom. The summed E-state index contributed by atoms with van der Waals surface area (Å²) in [7, 11) is 0. The highest BCUT2D eigenvalue weighted by Crippen LogP contribution is 2.38. The highest BCUT2D eigenvalue weighted by atomic mass is 16.6. The number of hydrogen-bond donors (Lipinski definition) is 0. The number of anilines is 1. The van der Waals surface area contributed by atoms with Crippen LogP contribution in [-0.4, -0.2) is 23.5 Å². The maximum atomic E-state index is 12.6. The van der Waals surface area contributed by atoms with E-state index in [1.165, 1.54) is 12.1 Å². The zero-order valence-electron chi connectivity index (χ0n) is 13.4. The Balaban J connectivity index is 2.40. The van der Waals surface area contributed by atoms with Crippen molar-refractivity contribution < 1.29 is 14.5 Å². The molecule has 0 aliphatic carbocycles. The number of non-ortho nitro benzene ring substituents is 1. The highest BCUT2D eigenvalue weighted by Gasteiger charge is 2.36. The summed E-state index contributed by atoms with van der Waals surface area (Å²) in [4.78, 5) is 24.8. The summed E-state index contributed by atoms with van der Waals surface area (Å²) in [5.74, 6) is 0.810. The van der Waals surface area contributed by atoms with Crippen molar-refractivity contribution in [2.24, 2.45) is 11.8 Å². The van der Waals surface area contributed by atoms with E-state index in [4.69, 9.17) is 4.74 Å². The van der Waals surface area contributed by atoms with Gasteiger partial charge in [-0.05, 0) is 24.3 Å². The molecule has 6 heteroatoms. The number of nitro benzene ring substituents is 1. The van der Waals surface area contributed by atoms with Crippen molar-refractivity contribution in [3.05, 3.63) is 28.3 Å². The molecule has 0 spiro atoms. The molecule has 1 aliphatic heterocycles. The van der Waals surface area contributed by atoms with Crippen LogP contribution in [0.5, 0.6) is 5.75 Å². The molecule has 0 saturated heterocycles. The number of ether oxygens (including phenoxy) is 1. The van der Waals surface area contributed by atoms with Gasteiger partial charge < -0.3 is 9.64 Å². The Morgan fingerprint density at radius 2 is 2.00 bits per heavy atom. The van der Waals surface area contributed by atoms with Gasteiger partial charge in [0.05, 0.1) is 16.7 Å². The van der Waals surface area contributed by atoms with Gasteiger partial charge in [-0.3, -0.25) is 14.9 Å². The van der Waals surface area contributed by atoms with E-state index in [2.05, 4.69) is 13.8 Å². The second-order valence-corrected chi connectivity index (χ2v) is 6.36. The largest absolute Gasteiger partial charge is 0.478 e. The lowest BCUT2D eigenvalue weighted by Gasteiger charge is -2.36. The maximum absolute atomic E-state index is 12.6. The molecule has 0 fully saturated rings. The SMILES string of the molecule is CC(C)CCN1C(=O)C(C(C)C)Oc2cc([N+](=O)[O-])ccc21. The van der Waals surface area contributed by atoms with Crippen LogP contribution in [0.2, 0.25) is 0 Å². The van der Waals surface area contributed by atoms with Gasteiger partial charge in [-0.1, -0.05) is 27.7 Å². The van der Waals surface area contributed by atoms with Crippen LogP contribution in [-0.2, 0) is 4.79 Å². The van der Waals surface area contributed by atoms with Crippen molar-refractivity contribution in [1.29, 1.82) is 0 Å². The number of benzene rings is 1. The first kappa shape index (κ1) is 16.3. The molecule has 6 nitrogen and oxygen atoms in total. The van der Waals surface area contributed by atoms with Crippen LogP contribution in [0.1, 0.15) is 34.1 Å². The van der Waals surface area contributed by atoms with Gasteiger partial charge in [-0.25, -0.2) is 0 Å². The van der Waals surface area contributed by atoms with E-state index < -0.39 is 11.0 Å². The van der Waals surface area contributed by atoms with Gasteiger partial charge in [0, 0.05) is 12.6 Å². The van der Waals surface area contributed by atoms with Gasteiger partial charge in [-0.2, -0.15) is 0 Å². The van der Waals surface area contributed by atoms with Crippen LogP contribution >= 0.6 is 0 Å². The summed E-state index contributed by atoms with van der Waals surface area (Å²) in [6.07, 6.45) is 0.272. The van der Waals surface area contributed by atoms with E-state index >= 15 is 0 Å². The minimum absolute atomic E-state index is 0.00135. The Morgan fingerprint density at radius 3 is 2.55 bits per heavy atom. The Kier molecular flexibility index (Phi) is 4.68. The lowest BCUT2D eigenvalue weighted by molar-refractivity contribution is -0.384. The molecule has 120 valence electrons. The first-order valence-electron chi connectivity index (χ1n) is 7.57. The number of nitro groups is 1. The molecular formula is C16H22N2O4. The number of rotatable bonds is 5. The lowest BCUT2D eigenvalue weighted by Crippen LogP contribution is -2.48. The zero-order chi connectivity index (χ0) is 16.4. The van der Waals surface area contributed by atoms with Gasteiger partial charge in [0.15, 0.2) is 11.9 Å². The fourth-order valence-corrected chi connectivity index (χ4v) is 2.43. The molecule has 1 aromatic carbocycles. The van der Waals surface area contributed by atoms with Crippen molar-refractivity contribution in [1.82, 2.24) is 0 Å². The van der Waals surface area contributed by atoms with Gasteiger partial charge in [0.1, 0.15) is 0 Å². The first-order chi connectivity index (χ1) is 10.3. The minimum Gasteiger partial charge on any atom is -0.478 e. The van der Waals surface area contributed by atoms with Crippen molar-refractivity contribution in [2.45, 2.75) is 40.2 Å². The van der Waals surface area contributed by atoms with Crippen LogP contribution < -0.4 is 9.64 Å². The predicted molar refractivity (Wildman–Crippen MR) is 84.2 cm³/mol. The topological polar surface area (TPSA) is 72.7 Å². The molecular weight excluding hydrogens is 284 g/mol. The molecule has 1 aromatic rings. The molecule has 2 rings (SSSR count). The fraction of sp³-hybridized carbons (Fsp3) is 0.562. The smallest absolute Gasteiger partial charge is 0.273 e. The van der Waals surface area contributed by atoms with E-state index in [9.17, 15) is 14.9 Å². The summed E-state index contributed by atoms with van der Waals surface area (Å²) in [5.41, 5.74) is 0.590. The third-order valence-corrected chi connectivity index (χ3v) is 3.74. The summed E-state index contributed by atoms with van der Waals surface area (Å²) in [6.45, 7) is 8.61. The highest BCUT2D eigenvalue weighted by molar-refractivity contribution is 6.00. The van der Waals surface area contributed by atoms with Gasteiger partial charge in [0.2, 0.25) is 0 Å². The average molecular weight is 306 g/mol. The zero-order valence-corrected chi connectivity index (χ0v) is 13.4. The second-order valence-electron chi connectivity index (χ2n) is 6.36. The molecule has 0 radical (unpaired) electrons. The van der Waals surface area contributed by atoms with Crippen LogP contribution in [0.15, 0.2) is 18.2 Å². The van der Waals surface area contributed by atoms with Crippen LogP contribution in [0.25, 0.3) is 0 Å². The van der Waals surface area contributed by atoms with Gasteiger partial charge in [0.25, 0.3) is 11.6 Å². The molecule has 1 unspecified atom stereocenters. The molecule has 1 atom stereocenters. The fourth-order valence-electron chi connectivity index (χ4n) is 2.43. The summed E-state index contributed by atoms with van der Waals surface area (Å²) < 4.78 is 5.74. The van der Waals surface area contributed by atoms with Crippen molar-refractivity contribution >= 4 is 17.3 Å². The Hall–Kier alpha value is -2.11. The van der Waals surface area contributed by atoms with E-state index in [1.54, 1.807) is 11.0 Å². The van der Waals surface area contributed by atoms with Crippen molar-refractivity contribution in [2.75, 3.05) is 11.4 Å². The normalized spacial score (nSPS) is 17.6. The quantitative estimate of drug-likeness (QED) is 0.617. The van der Waals surface area contributed by atoms with E-state index in [0.29, 0.717) is 23.9 Å². The van der Waals surface area contributed by atoms with Crippen molar-refractivity contribution in [3.8, 4) is 5.75 Å². The summed E-state index contributed by atoms with van der Waals surface area (Å²) in [5, 5.41) is 10.9. The summed E-state index contributed by atoms with van der Waals surface area (Å²) >= 11 is 0. The molecule has 0 saturated carbocycles. The predicted octanol–water partition coefficient (Wildman–Crippen LogP) is 3.39. The molecule has 1 heterocycles. The van der Waals surface area contributed by atoms with Gasteiger partial charge >= 0.3 is 0 Å². The summed E-state index contributed by atoms with van der Waals surface area (Å²) in [6, 6.07) is 4.41. The van der Waals surface area contributed by atoms with Gasteiger partial charge in [-0.15, -0.1) is 0 Å². The third-order valence-electron chi connectivity index (χ3n) is 3.74. The second kappa shape index (κ2) is 6.34. The lowest BCUT2D eigenvalue weighted by atomic mass is 10.0. The number of hydrogen-bond acceptors (Lipinski definition) is 4. The first-order valence-corrected chi connectivity index (χ1v) is 7.57. The number of carbonyl (C=O) groups is 1. The minimum atomic E-state index is -0.596. The Labute approximate surface area is 130 Å². The average Bonchev–Trinajstić information content (AvgIpc) is 2.44. The monoisotopic (exact) mass is 306 g/mol. The van der Waals surface area contributed by atoms with E-state index in [-0.39, 0.29) is 17.5 Å². The van der Waals surface area contributed by atoms with Crippen LogP contribution in [0, 0.1) is 22.0 Å². The Bertz CT molecular complexity index is 584. The number of carbonyl (C=O) groups excluding carboxylic acids is 1. The molecule has 0 aromatic heterocycles. The van der Waals surface area contributed by atoms with Crippen LogP contribution in [0.4, 0.5) is 11.4 Å². The molecule has 0 bridgehead atoms. The standard InChI is InChI=1S/C16H22N2O4/c1-10(2)7-8-17-13-6-5-12(18(20)21)9-14(13)22-15(11(3)4)16(17)19/h5-6,9-11,15H,7-8H2,1-4H3. The van der Waals surface area contributed by atoms with E-state index in [1.807, 2.05) is 13.8 Å². The molecule has 0 N–H and O–H groups in total. The van der Waals surface area contributed by atoms with E-state index in [0.717, 1.165) is 6.42 Å². The molecule has 1 aliphatic rings. The number of fused-ring (bicyclic) bond motifs is 1. The molecule has 22 heavy (non-hydrogen) atoms. The van der Waals surface area contributed by atoms with Crippen LogP contribution in [0.3, 0.4) is 0 Å². The number of amides is 1. The van der Waals surface area contributed by atoms with Crippen molar-refractivity contribution in [3.63, 3.8) is 0 Å². The third kappa shape index (κ3) is 3.21. The number of nitrogens with zero attached hydrogens (tertiary/aromatic N) is 2. The maximum Gasteiger partial charge on any atom is 0.273 e.